The summed E-state index contributed by atoms with van der Waals surface area (Å²) >= 11 is 1.53. The van der Waals surface area contributed by atoms with Crippen LogP contribution in [0.15, 0.2) is 42.0 Å². The van der Waals surface area contributed by atoms with E-state index in [1.807, 2.05) is 23.6 Å². The fourth-order valence-corrected chi connectivity index (χ4v) is 3.27. The van der Waals surface area contributed by atoms with Crippen LogP contribution in [0, 0.1) is 0 Å². The molecule has 0 unspecified atom stereocenters. The first-order valence-electron chi connectivity index (χ1n) is 7.85. The molecule has 1 N–H and O–H groups in total. The highest BCUT2D eigenvalue weighted by Crippen LogP contribution is 2.12. The maximum Gasteiger partial charge on any atom is 0.220 e. The Hall–Kier alpha value is -2.54. The number of amides is 1. The highest BCUT2D eigenvalue weighted by molar-refractivity contribution is 7.15. The summed E-state index contributed by atoms with van der Waals surface area (Å²) < 4.78 is 1.79. The first kappa shape index (κ1) is 16.3. The number of Topliss-reactive ketones (excluding diaryl/α,β-unsaturated/α-hetero) is 1. The predicted molar refractivity (Wildman–Crippen MR) is 92.2 cm³/mol. The molecule has 0 fully saturated rings. The standard InChI is InChI=1S/C17H18N4O2S/c22-15(13-5-2-1-3-6-13)7-4-8-16(23)18-10-9-14-11-24-17-19-12-20-21(14)17/h1-3,5-6,11-12H,4,7-10H2,(H,18,23). The van der Waals surface area contributed by atoms with Crippen molar-refractivity contribution in [1.29, 1.82) is 0 Å². The Labute approximate surface area is 143 Å². The molecular weight excluding hydrogens is 324 g/mol. The lowest BCUT2D eigenvalue weighted by molar-refractivity contribution is -0.121. The number of carbonyl (C=O) groups excluding carboxylic acids is 2. The first-order chi connectivity index (χ1) is 11.7. The van der Waals surface area contributed by atoms with Gasteiger partial charge in [0.1, 0.15) is 6.33 Å². The van der Waals surface area contributed by atoms with E-state index in [9.17, 15) is 9.59 Å². The van der Waals surface area contributed by atoms with Crippen LogP contribution in [-0.2, 0) is 11.2 Å². The maximum absolute atomic E-state index is 11.9. The van der Waals surface area contributed by atoms with Gasteiger partial charge in [0.25, 0.3) is 0 Å². The number of aromatic nitrogens is 3. The lowest BCUT2D eigenvalue weighted by Crippen LogP contribution is -2.25. The lowest BCUT2D eigenvalue weighted by atomic mass is 10.1. The van der Waals surface area contributed by atoms with Crippen LogP contribution >= 0.6 is 11.3 Å². The van der Waals surface area contributed by atoms with Gasteiger partial charge in [-0.25, -0.2) is 9.50 Å². The number of nitrogens with zero attached hydrogens (tertiary/aromatic N) is 3. The molecule has 124 valence electrons. The summed E-state index contributed by atoms with van der Waals surface area (Å²) in [6.07, 6.45) is 3.55. The monoisotopic (exact) mass is 342 g/mol. The second-order valence-corrected chi connectivity index (χ2v) is 6.26. The minimum Gasteiger partial charge on any atom is -0.356 e. The van der Waals surface area contributed by atoms with Crippen LogP contribution in [0.2, 0.25) is 0 Å². The number of hydrogen-bond donors (Lipinski definition) is 1. The molecule has 0 saturated heterocycles. The van der Waals surface area contributed by atoms with E-state index in [0.717, 1.165) is 10.7 Å². The number of benzene rings is 1. The Kier molecular flexibility index (Phi) is 5.32. The fraction of sp³-hybridized carbons (Fsp3) is 0.294. The van der Waals surface area contributed by atoms with Crippen LogP contribution in [0.5, 0.6) is 0 Å². The van der Waals surface area contributed by atoms with Gasteiger partial charge in [0.2, 0.25) is 10.9 Å². The third-order valence-electron chi connectivity index (χ3n) is 3.70. The van der Waals surface area contributed by atoms with E-state index < -0.39 is 0 Å². The van der Waals surface area contributed by atoms with Crippen LogP contribution < -0.4 is 5.32 Å². The van der Waals surface area contributed by atoms with Gasteiger partial charge in [0, 0.05) is 36.8 Å². The van der Waals surface area contributed by atoms with Crippen molar-refractivity contribution in [1.82, 2.24) is 19.9 Å². The van der Waals surface area contributed by atoms with E-state index >= 15 is 0 Å². The van der Waals surface area contributed by atoms with Gasteiger partial charge in [-0.1, -0.05) is 30.3 Å². The number of hydrogen-bond acceptors (Lipinski definition) is 5. The van der Waals surface area contributed by atoms with Gasteiger partial charge in [0.15, 0.2) is 5.78 Å². The summed E-state index contributed by atoms with van der Waals surface area (Å²) in [5.41, 5.74) is 1.74. The van der Waals surface area contributed by atoms with E-state index in [0.29, 0.717) is 37.8 Å². The first-order valence-corrected chi connectivity index (χ1v) is 8.73. The Morgan fingerprint density at radius 3 is 2.83 bits per heavy atom. The van der Waals surface area contributed by atoms with Gasteiger partial charge in [-0.05, 0) is 6.42 Å². The molecule has 7 heteroatoms. The summed E-state index contributed by atoms with van der Waals surface area (Å²) in [5.74, 6) is 0.0520. The van der Waals surface area contributed by atoms with Crippen molar-refractivity contribution in [2.24, 2.45) is 0 Å². The SMILES string of the molecule is O=C(CCCC(=O)c1ccccc1)NCCc1csc2ncnn12. The summed E-state index contributed by atoms with van der Waals surface area (Å²) in [6, 6.07) is 9.17. The summed E-state index contributed by atoms with van der Waals surface area (Å²) in [4.78, 5) is 28.8. The summed E-state index contributed by atoms with van der Waals surface area (Å²) in [6.45, 7) is 0.553. The molecule has 0 spiro atoms. The van der Waals surface area contributed by atoms with Gasteiger partial charge >= 0.3 is 0 Å². The molecule has 2 heterocycles. The highest BCUT2D eigenvalue weighted by atomic mass is 32.1. The predicted octanol–water partition coefficient (Wildman–Crippen LogP) is 2.50. The molecule has 1 aromatic carbocycles. The van der Waals surface area contributed by atoms with E-state index in [1.165, 1.54) is 17.7 Å². The smallest absolute Gasteiger partial charge is 0.220 e. The van der Waals surface area contributed by atoms with Crippen molar-refractivity contribution in [3.63, 3.8) is 0 Å². The third-order valence-corrected chi connectivity index (χ3v) is 4.57. The Morgan fingerprint density at radius 2 is 2.00 bits per heavy atom. The van der Waals surface area contributed by atoms with Crippen LogP contribution in [0.4, 0.5) is 0 Å². The van der Waals surface area contributed by atoms with Crippen LogP contribution in [0.25, 0.3) is 4.96 Å². The number of thiazole rings is 1. The van der Waals surface area contributed by atoms with Gasteiger partial charge < -0.3 is 5.32 Å². The second-order valence-electron chi connectivity index (χ2n) is 5.42. The number of rotatable bonds is 8. The normalized spacial score (nSPS) is 10.8. The summed E-state index contributed by atoms with van der Waals surface area (Å²) in [5, 5.41) is 9.02. The van der Waals surface area contributed by atoms with E-state index in [2.05, 4.69) is 15.4 Å². The van der Waals surface area contributed by atoms with Gasteiger partial charge in [-0.15, -0.1) is 11.3 Å². The molecule has 0 radical (unpaired) electrons. The van der Waals surface area contributed by atoms with E-state index in [1.54, 1.807) is 16.6 Å². The molecule has 0 bridgehead atoms. The minimum absolute atomic E-state index is 0.0269. The van der Waals surface area contributed by atoms with Gasteiger partial charge in [-0.2, -0.15) is 5.10 Å². The van der Waals surface area contributed by atoms with Gasteiger partial charge in [0.05, 0.1) is 5.69 Å². The Morgan fingerprint density at radius 1 is 1.17 bits per heavy atom. The maximum atomic E-state index is 11.9. The highest BCUT2D eigenvalue weighted by Gasteiger charge is 2.08. The molecule has 24 heavy (non-hydrogen) atoms. The molecular formula is C17H18N4O2S. The van der Waals surface area contributed by atoms with Crippen molar-refractivity contribution in [2.45, 2.75) is 25.7 Å². The number of ketones is 1. The topological polar surface area (TPSA) is 76.4 Å². The quantitative estimate of drug-likeness (QED) is 0.638. The number of nitrogens with one attached hydrogen (secondary N) is 1. The van der Waals surface area contributed by atoms with Crippen molar-refractivity contribution in [3.8, 4) is 0 Å². The zero-order valence-corrected chi connectivity index (χ0v) is 14.0. The minimum atomic E-state index is -0.0269. The molecule has 2 aromatic heterocycles. The van der Waals surface area contributed by atoms with Crippen LogP contribution in [-0.4, -0.2) is 32.8 Å². The molecule has 3 aromatic rings. The van der Waals surface area contributed by atoms with E-state index in [4.69, 9.17) is 0 Å². The second kappa shape index (κ2) is 7.83. The van der Waals surface area contributed by atoms with Crippen molar-refractivity contribution < 1.29 is 9.59 Å². The average Bonchev–Trinajstić information content (AvgIpc) is 3.20. The zero-order valence-electron chi connectivity index (χ0n) is 13.1. The van der Waals surface area contributed by atoms with Crippen LogP contribution in [0.1, 0.15) is 35.3 Å². The average molecular weight is 342 g/mol. The molecule has 0 atom stereocenters. The fourth-order valence-electron chi connectivity index (χ4n) is 2.44. The van der Waals surface area contributed by atoms with Gasteiger partial charge in [-0.3, -0.25) is 9.59 Å². The van der Waals surface area contributed by atoms with Crippen molar-refractivity contribution >= 4 is 28.0 Å². The molecule has 0 aliphatic rings. The number of fused-ring (bicyclic) bond motifs is 1. The summed E-state index contributed by atoms with van der Waals surface area (Å²) in [7, 11) is 0. The van der Waals surface area contributed by atoms with Crippen molar-refractivity contribution in [3.05, 3.63) is 53.3 Å². The molecule has 0 saturated carbocycles. The zero-order chi connectivity index (χ0) is 16.8. The molecule has 1 amide bonds. The number of carbonyl (C=O) groups is 2. The molecule has 6 nitrogen and oxygen atoms in total. The Bertz CT molecular complexity index is 825. The molecule has 0 aliphatic heterocycles. The molecule has 3 rings (SSSR count). The van der Waals surface area contributed by atoms with Crippen molar-refractivity contribution in [2.75, 3.05) is 6.54 Å². The largest absolute Gasteiger partial charge is 0.356 e. The Balaban J connectivity index is 1.36. The van der Waals surface area contributed by atoms with Crippen LogP contribution in [0.3, 0.4) is 0 Å². The third kappa shape index (κ3) is 4.05. The van der Waals surface area contributed by atoms with E-state index in [-0.39, 0.29) is 11.7 Å². The molecule has 0 aliphatic carbocycles. The lowest BCUT2D eigenvalue weighted by Gasteiger charge is -2.05.